The van der Waals surface area contributed by atoms with Gasteiger partial charge in [-0.25, -0.2) is 0 Å². The number of benzene rings is 2. The van der Waals surface area contributed by atoms with Gasteiger partial charge >= 0.3 is 0 Å². The first-order valence-electron chi connectivity index (χ1n) is 5.98. The van der Waals surface area contributed by atoms with Crippen LogP contribution in [0.3, 0.4) is 0 Å². The fourth-order valence-electron chi connectivity index (χ4n) is 1.99. The lowest BCUT2D eigenvalue weighted by Crippen LogP contribution is -2.14. The summed E-state index contributed by atoms with van der Waals surface area (Å²) in [5.74, 6) is -0.711. The number of amides is 1. The van der Waals surface area contributed by atoms with E-state index in [1.165, 1.54) is 18.2 Å². The second-order valence-electron chi connectivity index (χ2n) is 4.57. The van der Waals surface area contributed by atoms with Crippen LogP contribution >= 0.6 is 15.9 Å². The molecular weight excluding hydrogens is 322 g/mol. The molecule has 0 aliphatic heterocycles. The molecule has 0 saturated heterocycles. The Hall–Kier alpha value is -2.01. The van der Waals surface area contributed by atoms with Gasteiger partial charge in [0.15, 0.2) is 0 Å². The lowest BCUT2D eigenvalue weighted by atomic mass is 10.1. The van der Waals surface area contributed by atoms with E-state index in [0.29, 0.717) is 5.69 Å². The van der Waals surface area contributed by atoms with Crippen molar-refractivity contribution in [1.29, 1.82) is 0 Å². The molecule has 1 amide bonds. The highest BCUT2D eigenvalue weighted by molar-refractivity contribution is 9.10. The topological polar surface area (TPSA) is 69.6 Å². The summed E-state index contributed by atoms with van der Waals surface area (Å²) in [6.45, 7) is 3.77. The third kappa shape index (κ3) is 2.93. The first-order valence-corrected chi connectivity index (χ1v) is 6.78. The Morgan fingerprint density at radius 2 is 1.70 bits per heavy atom. The monoisotopic (exact) mass is 335 g/mol. The summed E-state index contributed by atoms with van der Waals surface area (Å²) in [4.78, 5) is 12.2. The van der Waals surface area contributed by atoms with E-state index in [9.17, 15) is 15.0 Å². The van der Waals surface area contributed by atoms with Gasteiger partial charge in [-0.1, -0.05) is 15.9 Å². The van der Waals surface area contributed by atoms with Crippen molar-refractivity contribution in [1.82, 2.24) is 0 Å². The zero-order valence-corrected chi connectivity index (χ0v) is 12.7. The highest BCUT2D eigenvalue weighted by atomic mass is 79.9. The van der Waals surface area contributed by atoms with E-state index in [2.05, 4.69) is 21.2 Å². The Morgan fingerprint density at radius 3 is 2.30 bits per heavy atom. The highest BCUT2D eigenvalue weighted by Crippen LogP contribution is 2.27. The molecule has 0 heterocycles. The van der Waals surface area contributed by atoms with E-state index in [0.717, 1.165) is 15.6 Å². The van der Waals surface area contributed by atoms with Crippen LogP contribution in [0.1, 0.15) is 21.5 Å². The molecule has 0 spiro atoms. The molecule has 0 fully saturated rings. The summed E-state index contributed by atoms with van der Waals surface area (Å²) in [6, 6.07) is 7.62. The maximum atomic E-state index is 12.2. The molecule has 20 heavy (non-hydrogen) atoms. The van der Waals surface area contributed by atoms with E-state index < -0.39 is 5.91 Å². The summed E-state index contributed by atoms with van der Waals surface area (Å²) < 4.78 is 0.936. The number of carbonyl (C=O) groups excluding carboxylic acids is 1. The molecule has 5 heteroatoms. The smallest absolute Gasteiger partial charge is 0.259 e. The van der Waals surface area contributed by atoms with Crippen molar-refractivity contribution in [3.05, 3.63) is 51.5 Å². The molecule has 0 saturated carbocycles. The zero-order chi connectivity index (χ0) is 14.9. The second-order valence-corrected chi connectivity index (χ2v) is 5.49. The van der Waals surface area contributed by atoms with Gasteiger partial charge in [-0.15, -0.1) is 0 Å². The largest absolute Gasteiger partial charge is 0.508 e. The third-order valence-corrected chi connectivity index (χ3v) is 3.42. The highest BCUT2D eigenvalue weighted by Gasteiger charge is 2.14. The summed E-state index contributed by atoms with van der Waals surface area (Å²) >= 11 is 3.39. The number of hydrogen-bond donors (Lipinski definition) is 3. The molecular formula is C15H14BrNO3. The maximum absolute atomic E-state index is 12.2. The van der Waals surface area contributed by atoms with Gasteiger partial charge in [0.1, 0.15) is 11.5 Å². The van der Waals surface area contributed by atoms with Crippen LogP contribution in [0.2, 0.25) is 0 Å². The number of phenolic OH excluding ortho intramolecular Hbond substituents is 2. The van der Waals surface area contributed by atoms with Crippen LogP contribution in [-0.4, -0.2) is 16.1 Å². The van der Waals surface area contributed by atoms with Crippen LogP contribution < -0.4 is 5.32 Å². The van der Waals surface area contributed by atoms with E-state index >= 15 is 0 Å². The minimum atomic E-state index is -0.466. The number of rotatable bonds is 2. The first kappa shape index (κ1) is 14.4. The molecule has 2 aromatic rings. The van der Waals surface area contributed by atoms with Crippen molar-refractivity contribution in [2.75, 3.05) is 5.32 Å². The number of nitrogens with one attached hydrogen (secondary N) is 1. The van der Waals surface area contributed by atoms with Gasteiger partial charge in [-0.3, -0.25) is 4.79 Å². The fourth-order valence-corrected chi connectivity index (χ4v) is 2.68. The molecule has 4 nitrogen and oxygen atoms in total. The van der Waals surface area contributed by atoms with Crippen LogP contribution in [-0.2, 0) is 0 Å². The summed E-state index contributed by atoms with van der Waals surface area (Å²) in [7, 11) is 0. The molecule has 0 bridgehead atoms. The number of aromatic hydroxyl groups is 2. The van der Waals surface area contributed by atoms with Crippen molar-refractivity contribution >= 4 is 27.5 Å². The molecule has 0 aliphatic carbocycles. The molecule has 0 atom stereocenters. The van der Waals surface area contributed by atoms with Crippen molar-refractivity contribution in [2.45, 2.75) is 13.8 Å². The van der Waals surface area contributed by atoms with Crippen LogP contribution in [0, 0.1) is 13.8 Å². The maximum Gasteiger partial charge on any atom is 0.259 e. The van der Waals surface area contributed by atoms with Crippen molar-refractivity contribution in [3.63, 3.8) is 0 Å². The van der Waals surface area contributed by atoms with Gasteiger partial charge in [0.25, 0.3) is 5.91 Å². The Balaban J connectivity index is 2.35. The van der Waals surface area contributed by atoms with Gasteiger partial charge in [0.2, 0.25) is 0 Å². The van der Waals surface area contributed by atoms with Gasteiger partial charge in [-0.2, -0.15) is 0 Å². The molecule has 0 unspecified atom stereocenters. The molecule has 0 aliphatic rings. The summed E-state index contributed by atoms with van der Waals surface area (Å²) in [5, 5.41) is 21.8. The standard InChI is InChI=1S/C15H14BrNO3/c1-8-5-10(16)6-9(2)14(8)17-15(20)12-7-11(18)3-4-13(12)19/h3-7,18-19H,1-2H3,(H,17,20). The lowest BCUT2D eigenvalue weighted by Gasteiger charge is -2.13. The zero-order valence-electron chi connectivity index (χ0n) is 11.1. The second kappa shape index (κ2) is 5.54. The van der Waals surface area contributed by atoms with E-state index in [1.807, 2.05) is 26.0 Å². The van der Waals surface area contributed by atoms with E-state index in [1.54, 1.807) is 0 Å². The number of anilines is 1. The summed E-state index contributed by atoms with van der Waals surface area (Å²) in [6.07, 6.45) is 0. The minimum absolute atomic E-state index is 0.0340. The minimum Gasteiger partial charge on any atom is -0.508 e. The Morgan fingerprint density at radius 1 is 1.10 bits per heavy atom. The number of phenols is 2. The Bertz CT molecular complexity index is 660. The number of carbonyl (C=O) groups is 1. The molecule has 0 radical (unpaired) electrons. The predicted molar refractivity (Wildman–Crippen MR) is 81.3 cm³/mol. The normalized spacial score (nSPS) is 10.3. The number of halogens is 1. The molecule has 2 rings (SSSR count). The van der Waals surface area contributed by atoms with Crippen LogP contribution in [0.15, 0.2) is 34.8 Å². The third-order valence-electron chi connectivity index (χ3n) is 2.96. The van der Waals surface area contributed by atoms with Gasteiger partial charge in [0, 0.05) is 10.2 Å². The van der Waals surface area contributed by atoms with Crippen molar-refractivity contribution in [2.24, 2.45) is 0 Å². The average molecular weight is 336 g/mol. The Kier molecular flexibility index (Phi) is 3.99. The SMILES string of the molecule is Cc1cc(Br)cc(C)c1NC(=O)c1cc(O)ccc1O. The molecule has 2 aromatic carbocycles. The van der Waals surface area contributed by atoms with Crippen molar-refractivity contribution in [3.8, 4) is 11.5 Å². The molecule has 3 N–H and O–H groups in total. The number of aryl methyl sites for hydroxylation is 2. The van der Waals surface area contributed by atoms with E-state index in [-0.39, 0.29) is 17.1 Å². The quantitative estimate of drug-likeness (QED) is 0.732. The predicted octanol–water partition coefficient (Wildman–Crippen LogP) is 3.73. The molecule has 104 valence electrons. The van der Waals surface area contributed by atoms with Gasteiger partial charge < -0.3 is 15.5 Å². The average Bonchev–Trinajstić information content (AvgIpc) is 2.36. The van der Waals surface area contributed by atoms with Crippen LogP contribution in [0.4, 0.5) is 5.69 Å². The van der Waals surface area contributed by atoms with Crippen molar-refractivity contribution < 1.29 is 15.0 Å². The van der Waals surface area contributed by atoms with Gasteiger partial charge in [0.05, 0.1) is 5.56 Å². The molecule has 0 aromatic heterocycles. The number of hydrogen-bond acceptors (Lipinski definition) is 3. The van der Waals surface area contributed by atoms with E-state index in [4.69, 9.17) is 0 Å². The van der Waals surface area contributed by atoms with Crippen LogP contribution in [0.5, 0.6) is 11.5 Å². The fraction of sp³-hybridized carbons (Fsp3) is 0.133. The Labute approximate surface area is 125 Å². The first-order chi connectivity index (χ1) is 9.38. The van der Waals surface area contributed by atoms with Gasteiger partial charge in [-0.05, 0) is 55.3 Å². The lowest BCUT2D eigenvalue weighted by molar-refractivity contribution is 0.102. The van der Waals surface area contributed by atoms with Crippen LogP contribution in [0.25, 0.3) is 0 Å². The summed E-state index contributed by atoms with van der Waals surface area (Å²) in [5.41, 5.74) is 2.54.